The van der Waals surface area contributed by atoms with Crippen molar-refractivity contribution in [1.82, 2.24) is 9.80 Å². The number of amides is 1. The van der Waals surface area contributed by atoms with E-state index in [1.165, 1.54) is 12.7 Å². The number of carbonyl (C=O) groups is 1. The van der Waals surface area contributed by atoms with Crippen molar-refractivity contribution in [3.05, 3.63) is 95.6 Å². The van der Waals surface area contributed by atoms with Crippen LogP contribution in [0.1, 0.15) is 23.1 Å². The van der Waals surface area contributed by atoms with Crippen LogP contribution in [-0.4, -0.2) is 105 Å². The molecule has 0 aliphatic carbocycles. The third-order valence-electron chi connectivity index (χ3n) is 7.98. The zero-order valence-corrected chi connectivity index (χ0v) is 26.1. The number of aliphatic hydroxyl groups excluding tert-OH is 1. The van der Waals surface area contributed by atoms with Crippen LogP contribution in [-0.2, 0) is 19.9 Å². The number of aliphatic imine (C=N–C) groups is 4. The second kappa shape index (κ2) is 13.2. The lowest BCUT2D eigenvalue weighted by atomic mass is 9.79. The first-order valence-electron chi connectivity index (χ1n) is 14.9. The molecule has 0 spiro atoms. The summed E-state index contributed by atoms with van der Waals surface area (Å²) in [5.41, 5.74) is 1.36. The van der Waals surface area contributed by atoms with Gasteiger partial charge in [-0.15, -0.1) is 0 Å². The van der Waals surface area contributed by atoms with Gasteiger partial charge in [0.2, 0.25) is 0 Å². The largest absolute Gasteiger partial charge is 0.493 e. The van der Waals surface area contributed by atoms with Crippen LogP contribution in [0.3, 0.4) is 0 Å². The molecule has 1 amide bonds. The van der Waals surface area contributed by atoms with Crippen molar-refractivity contribution in [3.63, 3.8) is 0 Å². The maximum absolute atomic E-state index is 12.7. The summed E-state index contributed by atoms with van der Waals surface area (Å²) in [6.07, 6.45) is 0.963. The summed E-state index contributed by atoms with van der Waals surface area (Å²) >= 11 is 0. The zero-order valence-electron chi connectivity index (χ0n) is 26.1. The molecular formula is C34H36N6O6. The molecule has 4 atom stereocenters. The number of aliphatic hydroxyl groups is 1. The van der Waals surface area contributed by atoms with Gasteiger partial charge >= 0.3 is 0 Å². The predicted molar refractivity (Wildman–Crippen MR) is 174 cm³/mol. The predicted octanol–water partition coefficient (Wildman–Crippen LogP) is 3.09. The molecule has 12 nitrogen and oxygen atoms in total. The maximum Gasteiger partial charge on any atom is 0.281 e. The van der Waals surface area contributed by atoms with E-state index in [1.807, 2.05) is 78.9 Å². The number of methoxy groups -OCH3 is 2. The van der Waals surface area contributed by atoms with E-state index in [0.717, 1.165) is 16.7 Å². The molecule has 0 radical (unpaired) electrons. The van der Waals surface area contributed by atoms with E-state index < -0.39 is 36.0 Å². The van der Waals surface area contributed by atoms with E-state index in [0.29, 0.717) is 17.3 Å². The van der Waals surface area contributed by atoms with E-state index >= 15 is 0 Å². The van der Waals surface area contributed by atoms with Gasteiger partial charge < -0.3 is 29.0 Å². The number of hydrogen-bond donors (Lipinski definition) is 1. The Morgan fingerprint density at radius 3 is 2.33 bits per heavy atom. The average molecular weight is 625 g/mol. The van der Waals surface area contributed by atoms with Crippen molar-refractivity contribution in [2.75, 3.05) is 34.9 Å². The molecular weight excluding hydrogens is 588 g/mol. The molecule has 0 bridgehead atoms. The lowest BCUT2D eigenvalue weighted by molar-refractivity contribution is -0.117. The number of benzene rings is 3. The third kappa shape index (κ3) is 5.78. The first-order chi connectivity index (χ1) is 22.3. The Balaban J connectivity index is 1.32. The normalized spacial score (nSPS) is 22.5. The summed E-state index contributed by atoms with van der Waals surface area (Å²) < 4.78 is 25.0. The standard InChI is InChI=1S/C34H36N6O6/c1-39(2)20-36-33-37-30-28(31(42)38-33)35-21-40(30)32-26(41)18-24(46-32)19-45-34(22-12-7-5-8-13-22,23-14-9-6-10-15-23)25-16-11-17-27(43-3)29(25)44-4/h5-17,20-21,24,26,28,32,41H,18-19H2,1-4H3/b36-20+/t24-,26+,28?,32+/m0/s1. The fourth-order valence-electron chi connectivity index (χ4n) is 5.94. The molecule has 1 unspecified atom stereocenters. The number of guanidine groups is 1. The Morgan fingerprint density at radius 2 is 1.70 bits per heavy atom. The van der Waals surface area contributed by atoms with Crippen LogP contribution < -0.4 is 9.47 Å². The molecule has 1 N–H and O–H groups in total. The average Bonchev–Trinajstić information content (AvgIpc) is 3.67. The van der Waals surface area contributed by atoms with E-state index in [9.17, 15) is 9.90 Å². The third-order valence-corrected chi connectivity index (χ3v) is 7.98. The lowest BCUT2D eigenvalue weighted by Crippen LogP contribution is -2.47. The Hall–Kier alpha value is -4.91. The van der Waals surface area contributed by atoms with Crippen LogP contribution in [0.5, 0.6) is 11.5 Å². The van der Waals surface area contributed by atoms with Gasteiger partial charge in [0.15, 0.2) is 29.6 Å². The molecule has 6 rings (SSSR count). The smallest absolute Gasteiger partial charge is 0.281 e. The van der Waals surface area contributed by atoms with Gasteiger partial charge in [0.05, 0.1) is 39.6 Å². The molecule has 3 aromatic rings. The van der Waals surface area contributed by atoms with Crippen molar-refractivity contribution >= 4 is 30.4 Å². The number of hydrogen-bond acceptors (Lipinski definition) is 10. The first-order valence-corrected chi connectivity index (χ1v) is 14.9. The van der Waals surface area contributed by atoms with E-state index in [4.69, 9.17) is 18.9 Å². The molecule has 0 aromatic heterocycles. The van der Waals surface area contributed by atoms with Crippen LogP contribution in [0.2, 0.25) is 0 Å². The highest BCUT2D eigenvalue weighted by Gasteiger charge is 2.47. The minimum atomic E-state index is -1.13. The summed E-state index contributed by atoms with van der Waals surface area (Å²) in [6.45, 7) is 0.108. The van der Waals surface area contributed by atoms with Crippen LogP contribution >= 0.6 is 0 Å². The molecule has 12 heteroatoms. The summed E-state index contributed by atoms with van der Waals surface area (Å²) in [7, 11) is 6.81. The van der Waals surface area contributed by atoms with Gasteiger partial charge in [-0.3, -0.25) is 14.7 Å². The Bertz CT molecular complexity index is 1640. The number of para-hydroxylation sites is 1. The van der Waals surface area contributed by atoms with E-state index in [-0.39, 0.29) is 19.0 Å². The Morgan fingerprint density at radius 1 is 1.00 bits per heavy atom. The number of ether oxygens (including phenoxy) is 4. The molecule has 0 saturated carbocycles. The van der Waals surface area contributed by atoms with Crippen molar-refractivity contribution < 1.29 is 28.8 Å². The van der Waals surface area contributed by atoms with Gasteiger partial charge in [-0.05, 0) is 17.2 Å². The number of carbonyl (C=O) groups excluding carboxylic acids is 1. The molecule has 1 saturated heterocycles. The van der Waals surface area contributed by atoms with Gasteiger partial charge in [-0.2, -0.15) is 9.98 Å². The van der Waals surface area contributed by atoms with Crippen molar-refractivity contribution in [2.45, 2.75) is 36.5 Å². The highest BCUT2D eigenvalue weighted by atomic mass is 16.6. The lowest BCUT2D eigenvalue weighted by Gasteiger charge is -2.37. The van der Waals surface area contributed by atoms with Gasteiger partial charge in [-0.1, -0.05) is 72.8 Å². The summed E-state index contributed by atoms with van der Waals surface area (Å²) in [5, 5.41) is 11.2. The Labute approximate surface area is 267 Å². The van der Waals surface area contributed by atoms with Gasteiger partial charge in [0.1, 0.15) is 11.7 Å². The number of fused-ring (bicyclic) bond motifs is 1. The fraction of sp³-hybridized carbons (Fsp3) is 0.324. The summed E-state index contributed by atoms with van der Waals surface area (Å²) in [5.74, 6) is 0.938. The number of amidine groups is 1. The van der Waals surface area contributed by atoms with Crippen LogP contribution in [0.4, 0.5) is 0 Å². The number of nitrogens with zero attached hydrogens (tertiary/aromatic N) is 6. The minimum absolute atomic E-state index is 0.00978. The van der Waals surface area contributed by atoms with Crippen LogP contribution in [0.15, 0.2) is 98.8 Å². The van der Waals surface area contributed by atoms with E-state index in [1.54, 1.807) is 38.1 Å². The Kier molecular flexibility index (Phi) is 8.93. The SMILES string of the molecule is COc1cccc(C(OC[C@@H]2C[C@@H](O)[C@H](N3C=NC4C(=O)N=C(/N=C/N(C)C)N=C43)O2)(c2ccccc2)c2ccccc2)c1OC. The molecule has 46 heavy (non-hydrogen) atoms. The minimum Gasteiger partial charge on any atom is -0.493 e. The second-order valence-corrected chi connectivity index (χ2v) is 11.2. The molecule has 3 heterocycles. The van der Waals surface area contributed by atoms with Crippen molar-refractivity contribution in [2.24, 2.45) is 20.0 Å². The van der Waals surface area contributed by atoms with Gasteiger partial charge in [-0.25, -0.2) is 4.99 Å². The first kappa shape index (κ1) is 31.1. The van der Waals surface area contributed by atoms with Crippen LogP contribution in [0, 0.1) is 0 Å². The van der Waals surface area contributed by atoms with Crippen molar-refractivity contribution in [3.8, 4) is 11.5 Å². The number of rotatable bonds is 10. The molecule has 3 aliphatic heterocycles. The highest BCUT2D eigenvalue weighted by molar-refractivity contribution is 6.22. The highest BCUT2D eigenvalue weighted by Crippen LogP contribution is 2.47. The summed E-state index contributed by atoms with van der Waals surface area (Å²) in [4.78, 5) is 32.9. The molecule has 3 aliphatic rings. The maximum atomic E-state index is 12.7. The topological polar surface area (TPSA) is 130 Å². The molecule has 3 aromatic carbocycles. The van der Waals surface area contributed by atoms with Gasteiger partial charge in [0, 0.05) is 26.1 Å². The fourth-order valence-corrected chi connectivity index (χ4v) is 5.94. The molecule has 1 fully saturated rings. The van der Waals surface area contributed by atoms with Gasteiger partial charge in [0.25, 0.3) is 11.9 Å². The zero-order chi connectivity index (χ0) is 32.3. The van der Waals surface area contributed by atoms with Crippen LogP contribution in [0.25, 0.3) is 0 Å². The second-order valence-electron chi connectivity index (χ2n) is 11.2. The monoisotopic (exact) mass is 624 g/mol. The van der Waals surface area contributed by atoms with Crippen molar-refractivity contribution in [1.29, 1.82) is 0 Å². The summed E-state index contributed by atoms with van der Waals surface area (Å²) in [6, 6.07) is 24.6. The quantitative estimate of drug-likeness (QED) is 0.207. The molecule has 238 valence electrons. The van der Waals surface area contributed by atoms with E-state index in [2.05, 4.69) is 20.0 Å².